The standard InChI is InChI=1S/C11H11N4O3S/c1-18-11-10(13-6-7-14-11)15-19(16,17)9-4-2-8(12)3-5-9/h2-7H,12H2,1H3/q-1. The van der Waals surface area contributed by atoms with Gasteiger partial charge in [-0.25, -0.2) is 13.4 Å². The van der Waals surface area contributed by atoms with Crippen LogP contribution in [-0.4, -0.2) is 25.5 Å². The molecule has 0 saturated heterocycles. The van der Waals surface area contributed by atoms with Crippen LogP contribution in [0.2, 0.25) is 0 Å². The Morgan fingerprint density at radius 2 is 1.79 bits per heavy atom. The Kier molecular flexibility index (Phi) is 3.52. The number of nitrogen functional groups attached to an aromatic ring is 1. The van der Waals surface area contributed by atoms with Gasteiger partial charge in [0.2, 0.25) is 15.9 Å². The third-order valence-electron chi connectivity index (χ3n) is 2.22. The predicted molar refractivity (Wildman–Crippen MR) is 69.6 cm³/mol. The van der Waals surface area contributed by atoms with E-state index in [2.05, 4.69) is 14.7 Å². The number of anilines is 1. The highest BCUT2D eigenvalue weighted by Gasteiger charge is 2.11. The van der Waals surface area contributed by atoms with Crippen molar-refractivity contribution in [1.29, 1.82) is 0 Å². The summed E-state index contributed by atoms with van der Waals surface area (Å²) in [6.07, 6.45) is 2.72. The van der Waals surface area contributed by atoms with Crippen LogP contribution in [0.4, 0.5) is 11.5 Å². The minimum absolute atomic E-state index is 0.0226. The normalized spacial score (nSPS) is 11.0. The maximum Gasteiger partial charge on any atom is 0.212 e. The molecular formula is C11H11N4O3S-. The van der Waals surface area contributed by atoms with Crippen LogP contribution in [0, 0.1) is 0 Å². The molecule has 1 aromatic carbocycles. The van der Waals surface area contributed by atoms with Crippen LogP contribution in [0.15, 0.2) is 41.6 Å². The molecule has 1 aromatic heterocycles. The monoisotopic (exact) mass is 279 g/mol. The Bertz CT molecular complexity index is 671. The van der Waals surface area contributed by atoms with E-state index in [1.165, 1.54) is 43.8 Å². The second-order valence-electron chi connectivity index (χ2n) is 3.52. The van der Waals surface area contributed by atoms with Gasteiger partial charge >= 0.3 is 0 Å². The van der Waals surface area contributed by atoms with Gasteiger partial charge in [0, 0.05) is 17.7 Å². The second-order valence-corrected chi connectivity index (χ2v) is 5.13. The van der Waals surface area contributed by atoms with E-state index in [9.17, 15) is 8.42 Å². The van der Waals surface area contributed by atoms with E-state index in [4.69, 9.17) is 10.5 Å². The molecule has 0 saturated carbocycles. The predicted octanol–water partition coefficient (Wildman–Crippen LogP) is 1.46. The number of benzene rings is 1. The molecule has 0 fully saturated rings. The summed E-state index contributed by atoms with van der Waals surface area (Å²) < 4.78 is 32.6. The minimum atomic E-state index is -3.88. The summed E-state index contributed by atoms with van der Waals surface area (Å²) in [7, 11) is -2.52. The molecule has 2 rings (SSSR count). The molecule has 100 valence electrons. The van der Waals surface area contributed by atoms with E-state index in [0.29, 0.717) is 5.69 Å². The molecule has 0 spiro atoms. The van der Waals surface area contributed by atoms with Gasteiger partial charge in [0.15, 0.2) is 0 Å². The quantitative estimate of drug-likeness (QED) is 0.848. The average molecular weight is 279 g/mol. The topological polar surface area (TPSA) is 109 Å². The van der Waals surface area contributed by atoms with Crippen molar-refractivity contribution in [3.8, 4) is 5.88 Å². The Morgan fingerprint density at radius 1 is 1.16 bits per heavy atom. The van der Waals surface area contributed by atoms with Crippen LogP contribution in [0.3, 0.4) is 0 Å². The van der Waals surface area contributed by atoms with Gasteiger partial charge in [0.05, 0.1) is 12.0 Å². The van der Waals surface area contributed by atoms with Gasteiger partial charge in [-0.15, -0.1) is 0 Å². The van der Waals surface area contributed by atoms with Gasteiger partial charge in [0.25, 0.3) is 0 Å². The van der Waals surface area contributed by atoms with Crippen molar-refractivity contribution in [3.63, 3.8) is 0 Å². The molecule has 0 unspecified atom stereocenters. The highest BCUT2D eigenvalue weighted by Crippen LogP contribution is 2.31. The van der Waals surface area contributed by atoms with Crippen LogP contribution < -0.4 is 10.5 Å². The number of nitrogens with zero attached hydrogens (tertiary/aromatic N) is 3. The molecular weight excluding hydrogens is 268 g/mol. The first-order chi connectivity index (χ1) is 9.03. The van der Waals surface area contributed by atoms with Crippen molar-refractivity contribution in [3.05, 3.63) is 41.4 Å². The van der Waals surface area contributed by atoms with Crippen molar-refractivity contribution >= 4 is 21.5 Å². The second kappa shape index (κ2) is 5.11. The van der Waals surface area contributed by atoms with E-state index in [-0.39, 0.29) is 16.6 Å². The van der Waals surface area contributed by atoms with E-state index >= 15 is 0 Å². The number of ether oxygens (including phenoxy) is 1. The van der Waals surface area contributed by atoms with Crippen LogP contribution in [0.25, 0.3) is 4.72 Å². The first kappa shape index (κ1) is 13.1. The summed E-state index contributed by atoms with van der Waals surface area (Å²) in [5, 5.41) is 0. The summed E-state index contributed by atoms with van der Waals surface area (Å²) in [6.45, 7) is 0. The van der Waals surface area contributed by atoms with Crippen LogP contribution in [0.5, 0.6) is 5.88 Å². The lowest BCUT2D eigenvalue weighted by Crippen LogP contribution is -2.00. The molecule has 0 bridgehead atoms. The SMILES string of the molecule is COc1nccnc1[N-]S(=O)(=O)c1ccc(N)cc1. The maximum absolute atomic E-state index is 12.1. The Morgan fingerprint density at radius 3 is 2.42 bits per heavy atom. The van der Waals surface area contributed by atoms with Gasteiger partial charge in [-0.1, -0.05) is 6.20 Å². The first-order valence-corrected chi connectivity index (χ1v) is 6.65. The molecule has 0 atom stereocenters. The number of sulfonamides is 1. The van der Waals surface area contributed by atoms with E-state index < -0.39 is 10.0 Å². The Balaban J connectivity index is 2.34. The molecule has 0 radical (unpaired) electrons. The van der Waals surface area contributed by atoms with Gasteiger partial charge < -0.3 is 20.2 Å². The van der Waals surface area contributed by atoms with Crippen molar-refractivity contribution in [2.24, 2.45) is 0 Å². The average Bonchev–Trinajstić information content (AvgIpc) is 2.39. The van der Waals surface area contributed by atoms with Gasteiger partial charge in [0.1, 0.15) is 0 Å². The molecule has 2 aromatic rings. The fourth-order valence-electron chi connectivity index (χ4n) is 1.33. The van der Waals surface area contributed by atoms with Gasteiger partial charge in [-0.3, -0.25) is 0 Å². The largest absolute Gasteiger partial charge is 0.481 e. The fourth-order valence-corrected chi connectivity index (χ4v) is 2.27. The molecule has 7 nitrogen and oxygen atoms in total. The smallest absolute Gasteiger partial charge is 0.212 e. The number of hydrogen-bond donors (Lipinski definition) is 1. The van der Waals surface area contributed by atoms with Gasteiger partial charge in [-0.05, 0) is 24.3 Å². The van der Waals surface area contributed by atoms with E-state index in [0.717, 1.165) is 0 Å². The zero-order valence-corrected chi connectivity index (χ0v) is 10.8. The van der Waals surface area contributed by atoms with Crippen molar-refractivity contribution in [2.75, 3.05) is 12.8 Å². The minimum Gasteiger partial charge on any atom is -0.481 e. The molecule has 0 aliphatic heterocycles. The molecule has 1 heterocycles. The molecule has 2 N–H and O–H groups in total. The van der Waals surface area contributed by atoms with Crippen molar-refractivity contribution in [1.82, 2.24) is 9.97 Å². The van der Waals surface area contributed by atoms with Crippen LogP contribution in [-0.2, 0) is 10.0 Å². The number of rotatable bonds is 4. The zero-order chi connectivity index (χ0) is 13.9. The fraction of sp³-hybridized carbons (Fsp3) is 0.0909. The van der Waals surface area contributed by atoms with Crippen molar-refractivity contribution in [2.45, 2.75) is 4.90 Å². The number of nitrogens with two attached hydrogens (primary N) is 1. The Labute approximate surface area is 110 Å². The lowest BCUT2D eigenvalue weighted by Gasteiger charge is -2.17. The summed E-state index contributed by atoms with van der Waals surface area (Å²) in [6, 6.07) is 5.71. The van der Waals surface area contributed by atoms with Crippen molar-refractivity contribution < 1.29 is 13.2 Å². The highest BCUT2D eigenvalue weighted by molar-refractivity contribution is 7.94. The molecule has 0 aliphatic rings. The molecule has 0 aliphatic carbocycles. The lowest BCUT2D eigenvalue weighted by atomic mass is 10.3. The lowest BCUT2D eigenvalue weighted by molar-refractivity contribution is 0.399. The molecule has 0 amide bonds. The third kappa shape index (κ3) is 2.91. The Hall–Kier alpha value is -2.35. The molecule has 19 heavy (non-hydrogen) atoms. The number of hydrogen-bond acceptors (Lipinski definition) is 6. The summed E-state index contributed by atoms with van der Waals surface area (Å²) in [4.78, 5) is 7.67. The highest BCUT2D eigenvalue weighted by atomic mass is 32.2. The first-order valence-electron chi connectivity index (χ1n) is 5.21. The number of methoxy groups -OCH3 is 1. The zero-order valence-electron chi connectivity index (χ0n) is 10.0. The van der Waals surface area contributed by atoms with E-state index in [1.807, 2.05) is 0 Å². The van der Waals surface area contributed by atoms with Crippen LogP contribution in [0.1, 0.15) is 0 Å². The molecule has 8 heteroatoms. The number of aromatic nitrogens is 2. The summed E-state index contributed by atoms with van der Waals surface area (Å²) in [5.41, 5.74) is 5.97. The van der Waals surface area contributed by atoms with Gasteiger partial charge in [-0.2, -0.15) is 0 Å². The maximum atomic E-state index is 12.1. The summed E-state index contributed by atoms with van der Waals surface area (Å²) >= 11 is 0. The summed E-state index contributed by atoms with van der Waals surface area (Å²) in [5.74, 6) is -0.0525. The van der Waals surface area contributed by atoms with E-state index in [1.54, 1.807) is 0 Å². The van der Waals surface area contributed by atoms with Crippen LogP contribution >= 0.6 is 0 Å². The third-order valence-corrected chi connectivity index (χ3v) is 3.51.